The predicted octanol–water partition coefficient (Wildman–Crippen LogP) is 3.14. The first-order valence-corrected chi connectivity index (χ1v) is 8.36. The van der Waals surface area contributed by atoms with Crippen LogP contribution >= 0.6 is 11.6 Å². The Bertz CT molecular complexity index is 934. The fraction of sp³-hybridized carbons (Fsp3) is 0.278. The summed E-state index contributed by atoms with van der Waals surface area (Å²) in [4.78, 5) is 21.6. The molecule has 3 aromatic rings. The van der Waals surface area contributed by atoms with Crippen LogP contribution in [0, 0.1) is 6.92 Å². The molecule has 0 fully saturated rings. The quantitative estimate of drug-likeness (QED) is 0.779. The van der Waals surface area contributed by atoms with Crippen LogP contribution in [0.25, 0.3) is 10.9 Å². The van der Waals surface area contributed by atoms with Gasteiger partial charge in [-0.3, -0.25) is 9.78 Å². The molecule has 1 aromatic carbocycles. The molecule has 4 rings (SSSR count). The molecule has 0 saturated carbocycles. The largest absolute Gasteiger partial charge is 0.347 e. The van der Waals surface area contributed by atoms with Crippen LogP contribution in [0.1, 0.15) is 28.3 Å². The first-order chi connectivity index (χ1) is 11.6. The number of halogens is 1. The number of fused-ring (bicyclic) bond motifs is 2. The van der Waals surface area contributed by atoms with Gasteiger partial charge in [-0.1, -0.05) is 17.7 Å². The van der Waals surface area contributed by atoms with Crippen molar-refractivity contribution in [3.05, 3.63) is 58.8 Å². The zero-order valence-electron chi connectivity index (χ0n) is 13.3. The highest BCUT2D eigenvalue weighted by Crippen LogP contribution is 2.23. The van der Waals surface area contributed by atoms with Crippen LogP contribution in [0.4, 0.5) is 0 Å². The first kappa shape index (κ1) is 15.1. The molecule has 0 aliphatic carbocycles. The lowest BCUT2D eigenvalue weighted by Gasteiger charge is -2.25. The van der Waals surface area contributed by atoms with E-state index in [9.17, 15) is 4.79 Å². The number of aryl methyl sites for hydroxylation is 2. The molecule has 24 heavy (non-hydrogen) atoms. The molecule has 2 aromatic heterocycles. The van der Waals surface area contributed by atoms with E-state index in [0.29, 0.717) is 16.1 Å². The molecule has 0 saturated heterocycles. The predicted molar refractivity (Wildman–Crippen MR) is 93.3 cm³/mol. The van der Waals surface area contributed by atoms with Crippen molar-refractivity contribution < 1.29 is 4.79 Å². The summed E-state index contributed by atoms with van der Waals surface area (Å²) >= 11 is 6.16. The minimum atomic E-state index is -0.133. The summed E-state index contributed by atoms with van der Waals surface area (Å²) in [5, 5.41) is 4.52. The molecule has 1 aliphatic heterocycles. The maximum atomic E-state index is 12.8. The highest BCUT2D eigenvalue weighted by molar-refractivity contribution is 6.32. The van der Waals surface area contributed by atoms with Crippen LogP contribution < -0.4 is 5.32 Å². The molecule has 1 atom stereocenters. The minimum Gasteiger partial charge on any atom is -0.347 e. The third-order valence-corrected chi connectivity index (χ3v) is 4.58. The van der Waals surface area contributed by atoms with Crippen molar-refractivity contribution in [2.45, 2.75) is 32.4 Å². The van der Waals surface area contributed by atoms with Gasteiger partial charge < -0.3 is 9.88 Å². The van der Waals surface area contributed by atoms with Crippen molar-refractivity contribution >= 4 is 28.4 Å². The lowest BCUT2D eigenvalue weighted by molar-refractivity contribution is 0.0929. The van der Waals surface area contributed by atoms with Gasteiger partial charge in [0.2, 0.25) is 0 Å². The Kier molecular flexibility index (Phi) is 3.73. The van der Waals surface area contributed by atoms with Crippen molar-refractivity contribution in [3.8, 4) is 0 Å². The number of hydrogen-bond acceptors (Lipinski definition) is 3. The van der Waals surface area contributed by atoms with Gasteiger partial charge in [-0.05, 0) is 31.5 Å². The SMILES string of the molecule is Cc1cn2c(n1)CC[C@H](NC(=O)c1cc(Cl)cc3cccnc13)C2. The summed E-state index contributed by atoms with van der Waals surface area (Å²) in [7, 11) is 0. The molecule has 0 bridgehead atoms. The molecule has 0 unspecified atom stereocenters. The molecular weight excluding hydrogens is 324 g/mol. The maximum Gasteiger partial charge on any atom is 0.253 e. The highest BCUT2D eigenvalue weighted by Gasteiger charge is 2.22. The molecule has 1 amide bonds. The molecule has 122 valence electrons. The Balaban J connectivity index is 1.59. The van der Waals surface area contributed by atoms with E-state index in [4.69, 9.17) is 11.6 Å². The lowest BCUT2D eigenvalue weighted by Crippen LogP contribution is -2.41. The van der Waals surface area contributed by atoms with E-state index in [-0.39, 0.29) is 11.9 Å². The number of nitrogens with one attached hydrogen (secondary N) is 1. The van der Waals surface area contributed by atoms with Gasteiger partial charge in [0.15, 0.2) is 0 Å². The number of benzene rings is 1. The Hall–Kier alpha value is -2.40. The van der Waals surface area contributed by atoms with E-state index in [1.165, 1.54) is 0 Å². The van der Waals surface area contributed by atoms with Gasteiger partial charge in [0.05, 0.1) is 16.8 Å². The van der Waals surface area contributed by atoms with Crippen molar-refractivity contribution in [1.82, 2.24) is 19.9 Å². The summed E-state index contributed by atoms with van der Waals surface area (Å²) in [6, 6.07) is 7.33. The molecule has 5 nitrogen and oxygen atoms in total. The van der Waals surface area contributed by atoms with Gasteiger partial charge in [0.25, 0.3) is 5.91 Å². The average molecular weight is 341 g/mol. The monoisotopic (exact) mass is 340 g/mol. The zero-order chi connectivity index (χ0) is 16.7. The summed E-state index contributed by atoms with van der Waals surface area (Å²) in [6.45, 7) is 2.73. The van der Waals surface area contributed by atoms with Crippen molar-refractivity contribution in [3.63, 3.8) is 0 Å². The fourth-order valence-electron chi connectivity index (χ4n) is 3.30. The van der Waals surface area contributed by atoms with Crippen LogP contribution in [0.15, 0.2) is 36.7 Å². The topological polar surface area (TPSA) is 59.8 Å². The number of pyridine rings is 1. The molecular formula is C18H17ClN4O. The second-order valence-corrected chi connectivity index (χ2v) is 6.62. The minimum absolute atomic E-state index is 0.0799. The van der Waals surface area contributed by atoms with Crippen molar-refractivity contribution in [1.29, 1.82) is 0 Å². The standard InChI is InChI=1S/C18H17ClN4O/c1-11-9-23-10-14(4-5-16(23)21-11)22-18(24)15-8-13(19)7-12-3-2-6-20-17(12)15/h2-3,6-9,14H,4-5,10H2,1H3,(H,22,24)/t14-/m0/s1. The number of amides is 1. The van der Waals surface area contributed by atoms with Crippen LogP contribution in [0.2, 0.25) is 5.02 Å². The van der Waals surface area contributed by atoms with Crippen molar-refractivity contribution in [2.24, 2.45) is 0 Å². The number of nitrogens with zero attached hydrogens (tertiary/aromatic N) is 3. The lowest BCUT2D eigenvalue weighted by atomic mass is 10.1. The van der Waals surface area contributed by atoms with E-state index in [0.717, 1.165) is 36.3 Å². The highest BCUT2D eigenvalue weighted by atomic mass is 35.5. The number of rotatable bonds is 2. The van der Waals surface area contributed by atoms with E-state index in [1.54, 1.807) is 12.3 Å². The molecule has 3 heterocycles. The van der Waals surface area contributed by atoms with Crippen molar-refractivity contribution in [2.75, 3.05) is 0 Å². The Morgan fingerprint density at radius 3 is 3.17 bits per heavy atom. The normalized spacial score (nSPS) is 16.8. The van der Waals surface area contributed by atoms with Gasteiger partial charge >= 0.3 is 0 Å². The van der Waals surface area contributed by atoms with Gasteiger partial charge in [-0.15, -0.1) is 0 Å². The third kappa shape index (κ3) is 2.76. The van der Waals surface area contributed by atoms with E-state index in [1.807, 2.05) is 31.3 Å². The zero-order valence-corrected chi connectivity index (χ0v) is 14.0. The Labute approximate surface area is 144 Å². The van der Waals surface area contributed by atoms with Gasteiger partial charge in [-0.25, -0.2) is 4.98 Å². The van der Waals surface area contributed by atoms with Crippen LogP contribution in [-0.4, -0.2) is 26.5 Å². The second kappa shape index (κ2) is 5.91. The Morgan fingerprint density at radius 1 is 1.42 bits per heavy atom. The van der Waals surface area contributed by atoms with Gasteiger partial charge in [0.1, 0.15) is 5.82 Å². The summed E-state index contributed by atoms with van der Waals surface area (Å²) in [6.07, 6.45) is 5.47. The fourth-order valence-corrected chi connectivity index (χ4v) is 3.52. The van der Waals surface area contributed by atoms with E-state index >= 15 is 0 Å². The average Bonchev–Trinajstić information content (AvgIpc) is 2.93. The van der Waals surface area contributed by atoms with Gasteiger partial charge in [0, 0.05) is 41.8 Å². The maximum absolute atomic E-state index is 12.8. The molecule has 1 aliphatic rings. The summed E-state index contributed by atoms with van der Waals surface area (Å²) in [5.74, 6) is 0.958. The van der Waals surface area contributed by atoms with E-state index in [2.05, 4.69) is 19.9 Å². The van der Waals surface area contributed by atoms with E-state index < -0.39 is 0 Å². The molecule has 0 radical (unpaired) electrons. The second-order valence-electron chi connectivity index (χ2n) is 6.19. The molecule has 1 N–H and O–H groups in total. The molecule has 6 heteroatoms. The van der Waals surface area contributed by atoms with Crippen LogP contribution in [0.3, 0.4) is 0 Å². The third-order valence-electron chi connectivity index (χ3n) is 4.36. The number of carbonyl (C=O) groups excluding carboxylic acids is 1. The summed E-state index contributed by atoms with van der Waals surface area (Å²) < 4.78 is 2.12. The van der Waals surface area contributed by atoms with Crippen LogP contribution in [-0.2, 0) is 13.0 Å². The number of hydrogen-bond donors (Lipinski definition) is 1. The van der Waals surface area contributed by atoms with Crippen LogP contribution in [0.5, 0.6) is 0 Å². The number of imidazole rings is 1. The first-order valence-electron chi connectivity index (χ1n) is 7.98. The number of carbonyl (C=O) groups is 1. The Morgan fingerprint density at radius 2 is 2.29 bits per heavy atom. The smallest absolute Gasteiger partial charge is 0.253 e. The van der Waals surface area contributed by atoms with Gasteiger partial charge in [-0.2, -0.15) is 0 Å². The number of aromatic nitrogens is 3. The summed E-state index contributed by atoms with van der Waals surface area (Å²) in [5.41, 5.74) is 2.21. The molecule has 0 spiro atoms.